The van der Waals surface area contributed by atoms with E-state index in [1.807, 2.05) is 0 Å². The first-order valence-electron chi connectivity index (χ1n) is 7.86. The van der Waals surface area contributed by atoms with Gasteiger partial charge in [0.15, 0.2) is 0 Å². The van der Waals surface area contributed by atoms with Crippen molar-refractivity contribution in [2.24, 2.45) is 5.73 Å². The summed E-state index contributed by atoms with van der Waals surface area (Å²) in [6.45, 7) is 5.56. The summed E-state index contributed by atoms with van der Waals surface area (Å²) >= 11 is 0. The molecule has 106 valence electrons. The van der Waals surface area contributed by atoms with Gasteiger partial charge >= 0.3 is 0 Å². The van der Waals surface area contributed by atoms with E-state index in [1.54, 1.807) is 11.1 Å². The van der Waals surface area contributed by atoms with Crippen LogP contribution in [0.1, 0.15) is 43.7 Å². The van der Waals surface area contributed by atoms with Crippen LogP contribution >= 0.6 is 0 Å². The Bertz CT molecular complexity index is 375. The number of hydrogen-bond acceptors (Lipinski definition) is 2. The molecule has 2 rings (SSSR count). The molecule has 19 heavy (non-hydrogen) atoms. The number of nitrogens with zero attached hydrogens (tertiary/aromatic N) is 1. The average Bonchev–Trinajstić information content (AvgIpc) is 2.46. The first-order chi connectivity index (χ1) is 9.35. The number of hydrogen-bond donors (Lipinski definition) is 1. The fourth-order valence-electron chi connectivity index (χ4n) is 3.21. The predicted molar refractivity (Wildman–Crippen MR) is 82.4 cm³/mol. The maximum atomic E-state index is 5.61. The summed E-state index contributed by atoms with van der Waals surface area (Å²) in [5, 5.41) is 0. The zero-order valence-electron chi connectivity index (χ0n) is 12.3. The molecule has 1 aliphatic rings. The lowest BCUT2D eigenvalue weighted by molar-refractivity contribution is 0.177. The molecule has 1 unspecified atom stereocenters. The second-order valence-corrected chi connectivity index (χ2v) is 5.70. The molecule has 0 saturated carbocycles. The summed E-state index contributed by atoms with van der Waals surface area (Å²) in [4.78, 5) is 2.70. The molecule has 0 aromatic heterocycles. The minimum atomic E-state index is 0.743. The van der Waals surface area contributed by atoms with Crippen LogP contribution < -0.4 is 5.73 Å². The van der Waals surface area contributed by atoms with Crippen molar-refractivity contribution in [2.45, 2.75) is 51.5 Å². The lowest BCUT2D eigenvalue weighted by Gasteiger charge is -2.35. The highest BCUT2D eigenvalue weighted by atomic mass is 15.1. The summed E-state index contributed by atoms with van der Waals surface area (Å²) in [5.41, 5.74) is 8.75. The van der Waals surface area contributed by atoms with Gasteiger partial charge in [0, 0.05) is 6.04 Å². The fourth-order valence-corrected chi connectivity index (χ4v) is 3.21. The van der Waals surface area contributed by atoms with E-state index >= 15 is 0 Å². The molecule has 0 spiro atoms. The number of unbranched alkanes of at least 4 members (excludes halogenated alkanes) is 1. The average molecular weight is 260 g/mol. The van der Waals surface area contributed by atoms with E-state index in [-0.39, 0.29) is 0 Å². The monoisotopic (exact) mass is 260 g/mol. The van der Waals surface area contributed by atoms with Crippen LogP contribution in [0.3, 0.4) is 0 Å². The Balaban J connectivity index is 1.95. The molecule has 1 atom stereocenters. The minimum Gasteiger partial charge on any atom is -0.330 e. The highest BCUT2D eigenvalue weighted by molar-refractivity contribution is 5.30. The van der Waals surface area contributed by atoms with E-state index < -0.39 is 0 Å². The van der Waals surface area contributed by atoms with Gasteiger partial charge in [-0.1, -0.05) is 31.2 Å². The van der Waals surface area contributed by atoms with E-state index in [0.717, 1.165) is 19.0 Å². The highest BCUT2D eigenvalue weighted by Gasteiger charge is 2.23. The molecule has 2 nitrogen and oxygen atoms in total. The van der Waals surface area contributed by atoms with Gasteiger partial charge in [-0.15, -0.1) is 0 Å². The summed E-state index contributed by atoms with van der Waals surface area (Å²) < 4.78 is 0. The van der Waals surface area contributed by atoms with Crippen molar-refractivity contribution in [1.29, 1.82) is 0 Å². The second kappa shape index (κ2) is 7.66. The van der Waals surface area contributed by atoms with E-state index in [0.29, 0.717) is 0 Å². The third-order valence-electron chi connectivity index (χ3n) is 4.25. The fraction of sp³-hybridized carbons (Fsp3) is 0.647. The van der Waals surface area contributed by atoms with Crippen molar-refractivity contribution in [3.63, 3.8) is 0 Å². The molecular formula is C17H28N2. The van der Waals surface area contributed by atoms with Gasteiger partial charge in [0.05, 0.1) is 0 Å². The minimum absolute atomic E-state index is 0.743. The predicted octanol–water partition coefficient (Wildman–Crippen LogP) is 2.99. The molecule has 1 aromatic rings. The normalized spacial score (nSPS) is 18.6. The quantitative estimate of drug-likeness (QED) is 0.764. The topological polar surface area (TPSA) is 29.3 Å². The van der Waals surface area contributed by atoms with Crippen LogP contribution in [0.5, 0.6) is 0 Å². The van der Waals surface area contributed by atoms with Crippen LogP contribution in [0.4, 0.5) is 0 Å². The number of nitrogens with two attached hydrogens (primary N) is 1. The molecule has 1 aliphatic carbocycles. The summed E-state index contributed by atoms with van der Waals surface area (Å²) in [6, 6.07) is 9.70. The molecule has 0 saturated heterocycles. The van der Waals surface area contributed by atoms with Crippen LogP contribution in [0.2, 0.25) is 0 Å². The van der Waals surface area contributed by atoms with Crippen LogP contribution in [0.25, 0.3) is 0 Å². The van der Waals surface area contributed by atoms with Crippen LogP contribution in [0.15, 0.2) is 24.3 Å². The van der Waals surface area contributed by atoms with Crippen molar-refractivity contribution >= 4 is 0 Å². The van der Waals surface area contributed by atoms with Gasteiger partial charge in [-0.25, -0.2) is 0 Å². The van der Waals surface area contributed by atoms with Gasteiger partial charge in [0.2, 0.25) is 0 Å². The molecule has 0 fully saturated rings. The van der Waals surface area contributed by atoms with Gasteiger partial charge in [-0.05, 0) is 69.3 Å². The largest absolute Gasteiger partial charge is 0.330 e. The molecule has 0 bridgehead atoms. The third kappa shape index (κ3) is 4.05. The summed E-state index contributed by atoms with van der Waals surface area (Å²) in [6.07, 6.45) is 7.45. The molecule has 0 radical (unpaired) electrons. The summed E-state index contributed by atoms with van der Waals surface area (Å²) in [7, 11) is 0. The molecule has 1 aromatic carbocycles. The van der Waals surface area contributed by atoms with Gasteiger partial charge in [0.25, 0.3) is 0 Å². The third-order valence-corrected chi connectivity index (χ3v) is 4.25. The van der Waals surface area contributed by atoms with E-state index in [9.17, 15) is 0 Å². The van der Waals surface area contributed by atoms with Crippen LogP contribution in [-0.2, 0) is 12.8 Å². The first kappa shape index (κ1) is 14.5. The van der Waals surface area contributed by atoms with Crippen molar-refractivity contribution in [2.75, 3.05) is 19.6 Å². The highest BCUT2D eigenvalue weighted by Crippen LogP contribution is 2.24. The molecule has 2 heteroatoms. The lowest BCUT2D eigenvalue weighted by Crippen LogP contribution is -2.40. The maximum Gasteiger partial charge on any atom is 0.0139 e. The van der Waals surface area contributed by atoms with Crippen molar-refractivity contribution in [1.82, 2.24) is 4.90 Å². The molecular weight excluding hydrogens is 232 g/mol. The van der Waals surface area contributed by atoms with E-state index in [4.69, 9.17) is 5.73 Å². The van der Waals surface area contributed by atoms with Crippen molar-refractivity contribution < 1.29 is 0 Å². The smallest absolute Gasteiger partial charge is 0.0139 e. The number of rotatable bonds is 7. The van der Waals surface area contributed by atoms with Crippen LogP contribution in [0, 0.1) is 0 Å². The van der Waals surface area contributed by atoms with Gasteiger partial charge in [-0.2, -0.15) is 0 Å². The van der Waals surface area contributed by atoms with E-state index in [2.05, 4.69) is 36.1 Å². The lowest BCUT2D eigenvalue weighted by atomic mass is 9.87. The maximum absolute atomic E-state index is 5.61. The molecule has 2 N–H and O–H groups in total. The molecule has 0 amide bonds. The Labute approximate surface area is 118 Å². The number of aryl methyl sites for hydroxylation is 1. The van der Waals surface area contributed by atoms with Crippen molar-refractivity contribution in [3.8, 4) is 0 Å². The summed E-state index contributed by atoms with van der Waals surface area (Å²) in [5.74, 6) is 0. The Morgan fingerprint density at radius 1 is 1.16 bits per heavy atom. The standard InChI is InChI=1S/C17H28N2/c1-2-12-19(13-6-5-11-18)17-10-9-15-7-3-4-8-16(15)14-17/h3-4,7-8,17H,2,5-6,9-14,18H2,1H3. The van der Waals surface area contributed by atoms with Crippen molar-refractivity contribution in [3.05, 3.63) is 35.4 Å². The second-order valence-electron chi connectivity index (χ2n) is 5.70. The van der Waals surface area contributed by atoms with E-state index in [1.165, 1.54) is 45.2 Å². The first-order valence-corrected chi connectivity index (χ1v) is 7.86. The molecule has 0 aliphatic heterocycles. The Hall–Kier alpha value is -0.860. The number of fused-ring (bicyclic) bond motifs is 1. The van der Waals surface area contributed by atoms with Crippen LogP contribution in [-0.4, -0.2) is 30.6 Å². The van der Waals surface area contributed by atoms with Gasteiger partial charge < -0.3 is 10.6 Å². The van der Waals surface area contributed by atoms with Gasteiger partial charge in [0.1, 0.15) is 0 Å². The zero-order valence-corrected chi connectivity index (χ0v) is 12.3. The molecule has 0 heterocycles. The Morgan fingerprint density at radius 3 is 2.68 bits per heavy atom. The zero-order chi connectivity index (χ0) is 13.5. The SMILES string of the molecule is CCCN(CCCCN)C1CCc2ccccc2C1. The van der Waals surface area contributed by atoms with Gasteiger partial charge in [-0.3, -0.25) is 0 Å². The Kier molecular flexibility index (Phi) is 5.87. The number of benzene rings is 1. The Morgan fingerprint density at radius 2 is 1.95 bits per heavy atom.